The lowest BCUT2D eigenvalue weighted by atomic mass is 10.1. The number of nitriles is 1. The van der Waals surface area contributed by atoms with Crippen molar-refractivity contribution in [1.29, 1.82) is 5.26 Å². The largest absolute Gasteiger partial charge is 0.495 e. The number of fused-ring (bicyclic) bond motifs is 1. The molecule has 5 nitrogen and oxygen atoms in total. The molecule has 3 rings (SSSR count). The van der Waals surface area contributed by atoms with Gasteiger partial charge in [-0.15, -0.1) is 0 Å². The molecule has 2 N–H and O–H groups in total. The molecule has 0 fully saturated rings. The summed E-state index contributed by atoms with van der Waals surface area (Å²) >= 11 is 6.05. The van der Waals surface area contributed by atoms with Crippen LogP contribution in [-0.4, -0.2) is 18.0 Å². The fraction of sp³-hybridized carbons (Fsp3) is 0.0526. The van der Waals surface area contributed by atoms with E-state index >= 15 is 0 Å². The number of anilines is 1. The Morgan fingerprint density at radius 3 is 2.84 bits per heavy atom. The maximum atomic E-state index is 12.4. The zero-order valence-electron chi connectivity index (χ0n) is 13.3. The molecule has 1 aromatic heterocycles. The van der Waals surface area contributed by atoms with Crippen molar-refractivity contribution in [3.63, 3.8) is 0 Å². The first kappa shape index (κ1) is 16.6. The van der Waals surface area contributed by atoms with Crippen molar-refractivity contribution in [2.75, 3.05) is 12.4 Å². The Morgan fingerprint density at radius 2 is 2.12 bits per heavy atom. The summed E-state index contributed by atoms with van der Waals surface area (Å²) in [4.78, 5) is 15.5. The third kappa shape index (κ3) is 3.49. The number of carbonyl (C=O) groups is 1. The SMILES string of the molecule is COc1ccc(NC(=O)/C(C#N)=C/c2c[nH]c3ccccc23)cc1Cl. The second-order valence-corrected chi connectivity index (χ2v) is 5.67. The fourth-order valence-corrected chi connectivity index (χ4v) is 2.72. The van der Waals surface area contributed by atoms with Gasteiger partial charge < -0.3 is 15.0 Å². The molecule has 0 saturated carbocycles. The number of aromatic nitrogens is 1. The van der Waals surface area contributed by atoms with E-state index in [4.69, 9.17) is 16.3 Å². The number of benzene rings is 2. The zero-order chi connectivity index (χ0) is 17.8. The minimum absolute atomic E-state index is 0.00306. The number of nitrogens with one attached hydrogen (secondary N) is 2. The zero-order valence-corrected chi connectivity index (χ0v) is 14.1. The van der Waals surface area contributed by atoms with Crippen molar-refractivity contribution < 1.29 is 9.53 Å². The van der Waals surface area contributed by atoms with Crippen LogP contribution in [0.3, 0.4) is 0 Å². The molecule has 3 aromatic rings. The predicted octanol–water partition coefficient (Wildman–Crippen LogP) is 4.38. The smallest absolute Gasteiger partial charge is 0.266 e. The van der Waals surface area contributed by atoms with E-state index in [9.17, 15) is 10.1 Å². The topological polar surface area (TPSA) is 77.9 Å². The van der Waals surface area contributed by atoms with Crippen LogP contribution in [0, 0.1) is 11.3 Å². The lowest BCUT2D eigenvalue weighted by molar-refractivity contribution is -0.112. The molecule has 1 heterocycles. The molecule has 0 unspecified atom stereocenters. The predicted molar refractivity (Wildman–Crippen MR) is 98.5 cm³/mol. The molecular formula is C19H14ClN3O2. The average Bonchev–Trinajstić information content (AvgIpc) is 3.02. The molecule has 0 atom stereocenters. The number of hydrogen-bond acceptors (Lipinski definition) is 3. The molecule has 1 amide bonds. The number of H-pyrrole nitrogens is 1. The van der Waals surface area contributed by atoms with Crippen molar-refractivity contribution in [3.8, 4) is 11.8 Å². The molecule has 0 spiro atoms. The first-order chi connectivity index (χ1) is 12.1. The van der Waals surface area contributed by atoms with Crippen molar-refractivity contribution in [2.45, 2.75) is 0 Å². The summed E-state index contributed by atoms with van der Waals surface area (Å²) in [5.41, 5.74) is 2.19. The van der Waals surface area contributed by atoms with Gasteiger partial charge >= 0.3 is 0 Å². The number of rotatable bonds is 4. The molecule has 6 heteroatoms. The van der Waals surface area contributed by atoms with Gasteiger partial charge in [-0.1, -0.05) is 29.8 Å². The number of methoxy groups -OCH3 is 1. The van der Waals surface area contributed by atoms with Crippen molar-refractivity contribution in [2.24, 2.45) is 0 Å². The van der Waals surface area contributed by atoms with E-state index < -0.39 is 5.91 Å². The maximum absolute atomic E-state index is 12.4. The first-order valence-electron chi connectivity index (χ1n) is 7.45. The molecule has 0 aliphatic heterocycles. The van der Waals surface area contributed by atoms with Gasteiger partial charge in [0.1, 0.15) is 17.4 Å². The number of amides is 1. The highest BCUT2D eigenvalue weighted by Crippen LogP contribution is 2.27. The van der Waals surface area contributed by atoms with Crippen LogP contribution < -0.4 is 10.1 Å². The molecule has 25 heavy (non-hydrogen) atoms. The number of aromatic amines is 1. The third-order valence-corrected chi connectivity index (χ3v) is 3.99. The van der Waals surface area contributed by atoms with Crippen LogP contribution in [0.4, 0.5) is 5.69 Å². The number of para-hydroxylation sites is 1. The molecule has 124 valence electrons. The lowest BCUT2D eigenvalue weighted by Gasteiger charge is -2.07. The Bertz CT molecular complexity index is 1010. The van der Waals surface area contributed by atoms with Crippen molar-refractivity contribution in [1.82, 2.24) is 4.98 Å². The van der Waals surface area contributed by atoms with Crippen LogP contribution in [0.25, 0.3) is 17.0 Å². The van der Waals surface area contributed by atoms with E-state index in [1.807, 2.05) is 30.3 Å². The number of halogens is 1. The van der Waals surface area contributed by atoms with Crippen LogP contribution in [-0.2, 0) is 4.79 Å². The highest BCUT2D eigenvalue weighted by molar-refractivity contribution is 6.32. The summed E-state index contributed by atoms with van der Waals surface area (Å²) < 4.78 is 5.07. The van der Waals surface area contributed by atoms with Crippen LogP contribution >= 0.6 is 11.6 Å². The van der Waals surface area contributed by atoms with E-state index in [-0.39, 0.29) is 5.57 Å². The van der Waals surface area contributed by atoms with Crippen molar-refractivity contribution >= 4 is 40.2 Å². The van der Waals surface area contributed by atoms with E-state index in [0.29, 0.717) is 16.5 Å². The lowest BCUT2D eigenvalue weighted by Crippen LogP contribution is -2.13. The van der Waals surface area contributed by atoms with Gasteiger partial charge in [0.2, 0.25) is 0 Å². The van der Waals surface area contributed by atoms with Gasteiger partial charge in [-0.05, 0) is 30.3 Å². The van der Waals surface area contributed by atoms with Gasteiger partial charge in [-0.25, -0.2) is 0 Å². The first-order valence-corrected chi connectivity index (χ1v) is 7.83. The van der Waals surface area contributed by atoms with Crippen LogP contribution in [0.5, 0.6) is 5.75 Å². The summed E-state index contributed by atoms with van der Waals surface area (Å²) in [6.45, 7) is 0. The normalized spacial score (nSPS) is 11.2. The Balaban J connectivity index is 1.87. The molecule has 0 aliphatic rings. The number of nitrogens with zero attached hydrogens (tertiary/aromatic N) is 1. The fourth-order valence-electron chi connectivity index (χ4n) is 2.46. The van der Waals surface area contributed by atoms with Gasteiger partial charge in [0.05, 0.1) is 12.1 Å². The van der Waals surface area contributed by atoms with E-state index in [0.717, 1.165) is 16.5 Å². The number of ether oxygens (including phenoxy) is 1. The Morgan fingerprint density at radius 1 is 1.32 bits per heavy atom. The Labute approximate surface area is 149 Å². The molecule has 0 radical (unpaired) electrons. The van der Waals surface area contributed by atoms with Gasteiger partial charge in [-0.3, -0.25) is 4.79 Å². The van der Waals surface area contributed by atoms with E-state index in [1.165, 1.54) is 7.11 Å². The van der Waals surface area contributed by atoms with Crippen molar-refractivity contribution in [3.05, 3.63) is 64.8 Å². The maximum Gasteiger partial charge on any atom is 0.266 e. The third-order valence-electron chi connectivity index (χ3n) is 3.70. The summed E-state index contributed by atoms with van der Waals surface area (Å²) in [5, 5.41) is 13.3. The standard InChI is InChI=1S/C19H14ClN3O2/c1-25-18-7-6-14(9-16(18)20)23-19(24)12(10-21)8-13-11-22-17-5-3-2-4-15(13)17/h2-9,11,22H,1H3,(H,23,24)/b12-8+. The average molecular weight is 352 g/mol. The molecule has 0 bridgehead atoms. The van der Waals surface area contributed by atoms with E-state index in [2.05, 4.69) is 10.3 Å². The molecule has 0 saturated heterocycles. The summed E-state index contributed by atoms with van der Waals surface area (Å²) in [6.07, 6.45) is 3.32. The van der Waals surface area contributed by atoms with Gasteiger partial charge in [-0.2, -0.15) is 5.26 Å². The molecular weight excluding hydrogens is 338 g/mol. The van der Waals surface area contributed by atoms with Gasteiger partial charge in [0.15, 0.2) is 0 Å². The highest BCUT2D eigenvalue weighted by Gasteiger charge is 2.12. The van der Waals surface area contributed by atoms with E-state index in [1.54, 1.807) is 30.5 Å². The van der Waals surface area contributed by atoms with Crippen LogP contribution in [0.2, 0.25) is 5.02 Å². The summed E-state index contributed by atoms with van der Waals surface area (Å²) in [6, 6.07) is 14.5. The quantitative estimate of drug-likeness (QED) is 0.541. The summed E-state index contributed by atoms with van der Waals surface area (Å²) in [5.74, 6) is 0.00326. The summed E-state index contributed by atoms with van der Waals surface area (Å²) in [7, 11) is 1.51. The Hall–Kier alpha value is -3.23. The molecule has 2 aromatic carbocycles. The van der Waals surface area contributed by atoms with Gasteiger partial charge in [0.25, 0.3) is 5.91 Å². The number of carbonyl (C=O) groups excluding carboxylic acids is 1. The second kappa shape index (κ2) is 7.12. The number of hydrogen-bond donors (Lipinski definition) is 2. The minimum atomic E-state index is -0.506. The Kier molecular flexibility index (Phi) is 4.73. The monoisotopic (exact) mass is 351 g/mol. The highest BCUT2D eigenvalue weighted by atomic mass is 35.5. The van der Waals surface area contributed by atoms with Crippen LogP contribution in [0.15, 0.2) is 54.2 Å². The minimum Gasteiger partial charge on any atom is -0.495 e. The second-order valence-electron chi connectivity index (χ2n) is 5.26. The van der Waals surface area contributed by atoms with Gasteiger partial charge in [0, 0.05) is 28.4 Å². The molecule has 0 aliphatic carbocycles. The van der Waals surface area contributed by atoms with Crippen LogP contribution in [0.1, 0.15) is 5.56 Å².